The molecular formula is C19H20FN3O. The van der Waals surface area contributed by atoms with Gasteiger partial charge in [-0.05, 0) is 36.8 Å². The van der Waals surface area contributed by atoms with E-state index in [9.17, 15) is 4.39 Å². The van der Waals surface area contributed by atoms with Crippen LogP contribution in [0.1, 0.15) is 18.2 Å². The van der Waals surface area contributed by atoms with E-state index in [0.29, 0.717) is 19.0 Å². The van der Waals surface area contributed by atoms with Crippen LogP contribution < -0.4 is 10.6 Å². The van der Waals surface area contributed by atoms with Gasteiger partial charge in [0, 0.05) is 11.9 Å². The summed E-state index contributed by atoms with van der Waals surface area (Å²) in [5.41, 5.74) is 1.70. The largest absolute Gasteiger partial charge is 0.459 e. The number of guanidine groups is 1. The Bertz CT molecular complexity index is 808. The maximum atomic E-state index is 13.2. The van der Waals surface area contributed by atoms with Crippen LogP contribution in [-0.4, -0.2) is 12.5 Å². The fraction of sp³-hybridized carbons (Fsp3) is 0.211. The maximum absolute atomic E-state index is 13.2. The number of halogens is 1. The molecule has 0 bridgehead atoms. The Labute approximate surface area is 140 Å². The van der Waals surface area contributed by atoms with E-state index in [1.165, 1.54) is 12.1 Å². The molecule has 0 aliphatic carbocycles. The topological polar surface area (TPSA) is 49.6 Å². The van der Waals surface area contributed by atoms with Crippen molar-refractivity contribution in [1.82, 2.24) is 10.6 Å². The minimum absolute atomic E-state index is 0.247. The van der Waals surface area contributed by atoms with Crippen LogP contribution in [0.15, 0.2) is 64.0 Å². The average molecular weight is 325 g/mol. The lowest BCUT2D eigenvalue weighted by Crippen LogP contribution is -2.36. The number of fused-ring (bicyclic) bond motifs is 1. The van der Waals surface area contributed by atoms with Crippen LogP contribution in [0.4, 0.5) is 4.39 Å². The third-order valence-corrected chi connectivity index (χ3v) is 3.56. The smallest absolute Gasteiger partial charge is 0.191 e. The van der Waals surface area contributed by atoms with Gasteiger partial charge in [0.05, 0.1) is 13.1 Å². The van der Waals surface area contributed by atoms with Gasteiger partial charge in [-0.1, -0.05) is 30.3 Å². The molecule has 3 aromatic rings. The second kappa shape index (κ2) is 7.64. The van der Waals surface area contributed by atoms with E-state index in [0.717, 1.165) is 28.8 Å². The zero-order valence-electron chi connectivity index (χ0n) is 13.6. The van der Waals surface area contributed by atoms with Crippen molar-refractivity contribution in [1.29, 1.82) is 0 Å². The van der Waals surface area contributed by atoms with Crippen molar-refractivity contribution >= 4 is 16.9 Å². The quantitative estimate of drug-likeness (QED) is 0.554. The van der Waals surface area contributed by atoms with Crippen LogP contribution in [0.5, 0.6) is 0 Å². The standard InChI is InChI=1S/C19H20FN3O/c1-2-21-19(22-12-14-6-5-8-16(20)10-14)23-13-17-11-15-7-3-4-9-18(15)24-17/h3-11H,2,12-13H2,1H3,(H2,21,22,23). The molecule has 2 aromatic carbocycles. The third kappa shape index (κ3) is 4.13. The molecule has 1 aromatic heterocycles. The van der Waals surface area contributed by atoms with E-state index in [-0.39, 0.29) is 5.82 Å². The van der Waals surface area contributed by atoms with E-state index in [1.54, 1.807) is 6.07 Å². The molecule has 1 heterocycles. The van der Waals surface area contributed by atoms with Crippen molar-refractivity contribution < 1.29 is 8.81 Å². The molecule has 0 aliphatic heterocycles. The summed E-state index contributed by atoms with van der Waals surface area (Å²) in [6.07, 6.45) is 0. The number of hydrogen-bond acceptors (Lipinski definition) is 2. The molecule has 24 heavy (non-hydrogen) atoms. The molecule has 2 N–H and O–H groups in total. The summed E-state index contributed by atoms with van der Waals surface area (Å²) >= 11 is 0. The Morgan fingerprint density at radius 1 is 1.08 bits per heavy atom. The first-order valence-electron chi connectivity index (χ1n) is 7.98. The zero-order chi connectivity index (χ0) is 16.8. The van der Waals surface area contributed by atoms with Crippen LogP contribution in [0.2, 0.25) is 0 Å². The summed E-state index contributed by atoms with van der Waals surface area (Å²) in [6.45, 7) is 3.69. The normalized spacial score (nSPS) is 11.7. The van der Waals surface area contributed by atoms with Gasteiger partial charge < -0.3 is 15.1 Å². The van der Waals surface area contributed by atoms with Crippen LogP contribution in [0, 0.1) is 5.82 Å². The van der Waals surface area contributed by atoms with Gasteiger partial charge in [0.25, 0.3) is 0 Å². The summed E-state index contributed by atoms with van der Waals surface area (Å²) < 4.78 is 19.0. The summed E-state index contributed by atoms with van der Waals surface area (Å²) in [4.78, 5) is 4.48. The van der Waals surface area contributed by atoms with Gasteiger partial charge in [-0.3, -0.25) is 0 Å². The molecule has 0 radical (unpaired) electrons. The van der Waals surface area contributed by atoms with E-state index in [1.807, 2.05) is 43.3 Å². The molecule has 4 nitrogen and oxygen atoms in total. The Hall–Kier alpha value is -2.82. The lowest BCUT2D eigenvalue weighted by molar-refractivity contribution is 0.538. The van der Waals surface area contributed by atoms with Crippen molar-refractivity contribution in [3.63, 3.8) is 0 Å². The van der Waals surface area contributed by atoms with Crippen molar-refractivity contribution in [2.24, 2.45) is 4.99 Å². The number of benzene rings is 2. The molecule has 0 amide bonds. The Morgan fingerprint density at radius 3 is 2.75 bits per heavy atom. The Balaban J connectivity index is 1.65. The highest BCUT2D eigenvalue weighted by atomic mass is 19.1. The third-order valence-electron chi connectivity index (χ3n) is 3.56. The maximum Gasteiger partial charge on any atom is 0.191 e. The number of aliphatic imine (C=N–C) groups is 1. The number of hydrogen-bond donors (Lipinski definition) is 2. The molecule has 5 heteroatoms. The van der Waals surface area contributed by atoms with Crippen LogP contribution in [0.25, 0.3) is 11.0 Å². The predicted octanol–water partition coefficient (Wildman–Crippen LogP) is 3.83. The minimum Gasteiger partial charge on any atom is -0.459 e. The predicted molar refractivity (Wildman–Crippen MR) is 94.3 cm³/mol. The van der Waals surface area contributed by atoms with Crippen molar-refractivity contribution in [3.05, 3.63) is 71.7 Å². The molecule has 0 unspecified atom stereocenters. The molecule has 0 saturated heterocycles. The molecule has 3 rings (SSSR count). The van der Waals surface area contributed by atoms with Gasteiger partial charge in [0.2, 0.25) is 0 Å². The lowest BCUT2D eigenvalue weighted by Gasteiger charge is -2.10. The van der Waals surface area contributed by atoms with Gasteiger partial charge in [-0.15, -0.1) is 0 Å². The second-order valence-corrected chi connectivity index (χ2v) is 5.43. The molecule has 0 aliphatic rings. The molecule has 0 fully saturated rings. The Kier molecular flexibility index (Phi) is 5.11. The van der Waals surface area contributed by atoms with E-state index in [4.69, 9.17) is 4.42 Å². The highest BCUT2D eigenvalue weighted by Gasteiger charge is 2.04. The van der Waals surface area contributed by atoms with Gasteiger partial charge >= 0.3 is 0 Å². The summed E-state index contributed by atoms with van der Waals surface area (Å²) in [5, 5.41) is 7.49. The van der Waals surface area contributed by atoms with Crippen LogP contribution in [-0.2, 0) is 13.1 Å². The van der Waals surface area contributed by atoms with E-state index < -0.39 is 0 Å². The van der Waals surface area contributed by atoms with Gasteiger partial charge in [-0.25, -0.2) is 9.38 Å². The lowest BCUT2D eigenvalue weighted by atomic mass is 10.2. The number of nitrogens with one attached hydrogen (secondary N) is 2. The molecular weight excluding hydrogens is 305 g/mol. The van der Waals surface area contributed by atoms with Crippen molar-refractivity contribution in [2.45, 2.75) is 20.0 Å². The summed E-state index contributed by atoms with van der Waals surface area (Å²) in [7, 11) is 0. The van der Waals surface area contributed by atoms with E-state index in [2.05, 4.69) is 15.6 Å². The number of nitrogens with zero attached hydrogens (tertiary/aromatic N) is 1. The average Bonchev–Trinajstić information content (AvgIpc) is 3.00. The number of para-hydroxylation sites is 1. The van der Waals surface area contributed by atoms with Gasteiger partial charge in [0.1, 0.15) is 17.2 Å². The fourth-order valence-electron chi connectivity index (χ4n) is 2.44. The number of rotatable bonds is 5. The Morgan fingerprint density at radius 2 is 1.96 bits per heavy atom. The van der Waals surface area contributed by atoms with Crippen molar-refractivity contribution in [2.75, 3.05) is 6.54 Å². The highest BCUT2D eigenvalue weighted by Crippen LogP contribution is 2.18. The molecule has 0 spiro atoms. The van der Waals surface area contributed by atoms with E-state index >= 15 is 0 Å². The first-order valence-corrected chi connectivity index (χ1v) is 7.98. The minimum atomic E-state index is -0.247. The first kappa shape index (κ1) is 16.1. The molecule has 124 valence electrons. The highest BCUT2D eigenvalue weighted by molar-refractivity contribution is 5.80. The summed E-state index contributed by atoms with van der Waals surface area (Å²) in [5.74, 6) is 1.26. The van der Waals surface area contributed by atoms with Gasteiger partial charge in [0.15, 0.2) is 5.96 Å². The zero-order valence-corrected chi connectivity index (χ0v) is 13.6. The summed E-state index contributed by atoms with van der Waals surface area (Å²) in [6, 6.07) is 16.4. The molecule has 0 saturated carbocycles. The second-order valence-electron chi connectivity index (χ2n) is 5.43. The van der Waals surface area contributed by atoms with Crippen molar-refractivity contribution in [3.8, 4) is 0 Å². The fourth-order valence-corrected chi connectivity index (χ4v) is 2.44. The van der Waals surface area contributed by atoms with Gasteiger partial charge in [-0.2, -0.15) is 0 Å². The number of furan rings is 1. The molecule has 0 atom stereocenters. The first-order chi connectivity index (χ1) is 11.7. The van der Waals surface area contributed by atoms with Crippen LogP contribution >= 0.6 is 0 Å². The monoisotopic (exact) mass is 325 g/mol. The SMILES string of the molecule is CCNC(=NCc1cccc(F)c1)NCc1cc2ccccc2o1. The van der Waals surface area contributed by atoms with Crippen LogP contribution in [0.3, 0.4) is 0 Å².